The van der Waals surface area contributed by atoms with E-state index in [0.29, 0.717) is 12.2 Å². The summed E-state index contributed by atoms with van der Waals surface area (Å²) in [5.41, 5.74) is 5.41. The molecule has 5 heteroatoms. The largest absolute Gasteiger partial charge is 0.354 e. The van der Waals surface area contributed by atoms with Gasteiger partial charge in [-0.15, -0.1) is 0 Å². The predicted octanol–water partition coefficient (Wildman–Crippen LogP) is 3.85. The molecule has 0 spiro atoms. The Morgan fingerprint density at radius 1 is 1.10 bits per heavy atom. The summed E-state index contributed by atoms with van der Waals surface area (Å²) in [5, 5.41) is 3.05. The van der Waals surface area contributed by atoms with Crippen molar-refractivity contribution in [3.05, 3.63) is 75.2 Å². The van der Waals surface area contributed by atoms with E-state index in [0.717, 1.165) is 35.0 Å². The van der Waals surface area contributed by atoms with Crippen molar-refractivity contribution in [3.8, 4) is 0 Å². The van der Waals surface area contributed by atoms with Crippen LogP contribution in [0.25, 0.3) is 11.0 Å². The number of rotatable bonds is 7. The van der Waals surface area contributed by atoms with Crippen molar-refractivity contribution in [1.29, 1.82) is 0 Å². The zero-order valence-electron chi connectivity index (χ0n) is 17.7. The predicted molar refractivity (Wildman–Crippen MR) is 117 cm³/mol. The molecule has 152 valence electrons. The van der Waals surface area contributed by atoms with E-state index in [1.54, 1.807) is 11.5 Å². The second kappa shape index (κ2) is 9.03. The van der Waals surface area contributed by atoms with E-state index in [1.165, 1.54) is 5.56 Å². The maximum Gasteiger partial charge on any atom is 0.272 e. The van der Waals surface area contributed by atoms with Crippen LogP contribution < -0.4 is 10.9 Å². The van der Waals surface area contributed by atoms with E-state index in [-0.39, 0.29) is 23.9 Å². The number of aromatic nitrogens is 2. The van der Waals surface area contributed by atoms with Gasteiger partial charge >= 0.3 is 0 Å². The number of amides is 1. The summed E-state index contributed by atoms with van der Waals surface area (Å²) in [6, 6.07) is 14.3. The van der Waals surface area contributed by atoms with Crippen LogP contribution in [0.4, 0.5) is 0 Å². The van der Waals surface area contributed by atoms with Crippen molar-refractivity contribution in [3.63, 3.8) is 0 Å². The van der Waals surface area contributed by atoms with Crippen LogP contribution in [0, 0.1) is 20.8 Å². The standard InChI is InChI=1S/C24H29N3O2/c1-16-14-21-22(15-17(16)2)27(24(29)19(4)26-21)13-12-23(28)25-18(3)10-11-20-8-6-5-7-9-20/h5-9,14-15,18H,10-13H2,1-4H3,(H,25,28)/t18-/m1/s1. The molecule has 2 aromatic carbocycles. The quantitative estimate of drug-likeness (QED) is 0.665. The minimum absolute atomic E-state index is 0.0380. The van der Waals surface area contributed by atoms with Gasteiger partial charge in [-0.25, -0.2) is 4.98 Å². The smallest absolute Gasteiger partial charge is 0.272 e. The molecule has 3 aromatic rings. The fourth-order valence-corrected chi connectivity index (χ4v) is 3.51. The molecule has 3 rings (SSSR count). The Kier molecular flexibility index (Phi) is 6.47. The van der Waals surface area contributed by atoms with Crippen LogP contribution in [0.2, 0.25) is 0 Å². The Morgan fingerprint density at radius 3 is 2.52 bits per heavy atom. The molecule has 1 heterocycles. The van der Waals surface area contributed by atoms with E-state index in [1.807, 2.05) is 51.1 Å². The third kappa shape index (κ3) is 5.11. The van der Waals surface area contributed by atoms with Crippen LogP contribution in [0.3, 0.4) is 0 Å². The highest BCUT2D eigenvalue weighted by atomic mass is 16.2. The van der Waals surface area contributed by atoms with Crippen molar-refractivity contribution >= 4 is 16.9 Å². The van der Waals surface area contributed by atoms with Gasteiger partial charge in [-0.05, 0) is 69.4 Å². The Labute approximate surface area is 171 Å². The maximum atomic E-state index is 12.6. The Bertz CT molecular complexity index is 1070. The summed E-state index contributed by atoms with van der Waals surface area (Å²) >= 11 is 0. The molecule has 1 amide bonds. The van der Waals surface area contributed by atoms with Gasteiger partial charge in [0.2, 0.25) is 5.91 Å². The molecule has 1 N–H and O–H groups in total. The number of hydrogen-bond acceptors (Lipinski definition) is 3. The molecule has 0 aliphatic rings. The fourth-order valence-electron chi connectivity index (χ4n) is 3.51. The highest BCUT2D eigenvalue weighted by Crippen LogP contribution is 2.17. The van der Waals surface area contributed by atoms with Crippen molar-refractivity contribution in [2.45, 2.75) is 59.5 Å². The number of hydrogen-bond donors (Lipinski definition) is 1. The summed E-state index contributed by atoms with van der Waals surface area (Å²) in [5.74, 6) is -0.0380. The highest BCUT2D eigenvalue weighted by Gasteiger charge is 2.13. The number of fused-ring (bicyclic) bond motifs is 1. The molecule has 0 saturated carbocycles. The second-order valence-electron chi connectivity index (χ2n) is 7.82. The number of carbonyl (C=O) groups excluding carboxylic acids is 1. The van der Waals surface area contributed by atoms with Crippen molar-refractivity contribution in [2.24, 2.45) is 0 Å². The van der Waals surface area contributed by atoms with Crippen LogP contribution in [0.1, 0.15) is 42.1 Å². The van der Waals surface area contributed by atoms with Gasteiger partial charge in [0.15, 0.2) is 0 Å². The minimum Gasteiger partial charge on any atom is -0.354 e. The minimum atomic E-state index is -0.134. The number of nitrogens with zero attached hydrogens (tertiary/aromatic N) is 2. The molecule has 0 saturated heterocycles. The molecule has 1 atom stereocenters. The Hall–Kier alpha value is -2.95. The third-order valence-corrected chi connectivity index (χ3v) is 5.40. The molecular weight excluding hydrogens is 362 g/mol. The molecule has 0 bridgehead atoms. The lowest BCUT2D eigenvalue weighted by Crippen LogP contribution is -2.34. The highest BCUT2D eigenvalue weighted by molar-refractivity contribution is 5.78. The molecule has 1 aromatic heterocycles. The van der Waals surface area contributed by atoms with Crippen LogP contribution in [0.5, 0.6) is 0 Å². The van der Waals surface area contributed by atoms with E-state index in [2.05, 4.69) is 22.4 Å². The molecular formula is C24H29N3O2. The average Bonchev–Trinajstić information content (AvgIpc) is 2.69. The van der Waals surface area contributed by atoms with Gasteiger partial charge in [0.05, 0.1) is 11.0 Å². The second-order valence-corrected chi connectivity index (χ2v) is 7.82. The lowest BCUT2D eigenvalue weighted by atomic mass is 10.1. The number of nitrogens with one attached hydrogen (secondary N) is 1. The van der Waals surface area contributed by atoms with E-state index in [4.69, 9.17) is 0 Å². The van der Waals surface area contributed by atoms with E-state index >= 15 is 0 Å². The number of benzene rings is 2. The SMILES string of the molecule is Cc1cc2nc(C)c(=O)n(CCC(=O)N[C@H](C)CCc3ccccc3)c2cc1C. The molecule has 0 fully saturated rings. The first-order chi connectivity index (χ1) is 13.8. The summed E-state index contributed by atoms with van der Waals surface area (Å²) in [4.78, 5) is 29.5. The molecule has 0 aliphatic heterocycles. The molecule has 0 radical (unpaired) electrons. The van der Waals surface area contributed by atoms with Crippen molar-refractivity contribution in [2.75, 3.05) is 0 Å². The van der Waals surface area contributed by atoms with Gasteiger partial charge in [0.1, 0.15) is 5.69 Å². The first-order valence-electron chi connectivity index (χ1n) is 10.2. The molecule has 0 unspecified atom stereocenters. The first kappa shape index (κ1) is 20.8. The van der Waals surface area contributed by atoms with Gasteiger partial charge in [0.25, 0.3) is 5.56 Å². The van der Waals surface area contributed by atoms with Crippen LogP contribution >= 0.6 is 0 Å². The Balaban J connectivity index is 1.65. The van der Waals surface area contributed by atoms with Crippen LogP contribution in [0.15, 0.2) is 47.3 Å². The molecule has 5 nitrogen and oxygen atoms in total. The fraction of sp³-hybridized carbons (Fsp3) is 0.375. The summed E-state index contributed by atoms with van der Waals surface area (Å²) in [6.45, 7) is 8.14. The van der Waals surface area contributed by atoms with Gasteiger partial charge in [-0.3, -0.25) is 9.59 Å². The number of carbonyl (C=O) groups is 1. The molecule has 0 aliphatic carbocycles. The van der Waals surface area contributed by atoms with E-state index in [9.17, 15) is 9.59 Å². The molecule has 29 heavy (non-hydrogen) atoms. The lowest BCUT2D eigenvalue weighted by molar-refractivity contribution is -0.121. The topological polar surface area (TPSA) is 64.0 Å². The summed E-state index contributed by atoms with van der Waals surface area (Å²) in [7, 11) is 0. The van der Waals surface area contributed by atoms with Gasteiger partial charge < -0.3 is 9.88 Å². The first-order valence-corrected chi connectivity index (χ1v) is 10.2. The van der Waals surface area contributed by atoms with Gasteiger partial charge in [-0.2, -0.15) is 0 Å². The maximum absolute atomic E-state index is 12.6. The third-order valence-electron chi connectivity index (χ3n) is 5.40. The van der Waals surface area contributed by atoms with Gasteiger partial charge in [0, 0.05) is 19.0 Å². The lowest BCUT2D eigenvalue weighted by Gasteiger charge is -2.16. The van der Waals surface area contributed by atoms with Gasteiger partial charge in [-0.1, -0.05) is 30.3 Å². The zero-order valence-corrected chi connectivity index (χ0v) is 17.7. The average molecular weight is 392 g/mol. The summed E-state index contributed by atoms with van der Waals surface area (Å²) in [6.07, 6.45) is 2.07. The summed E-state index contributed by atoms with van der Waals surface area (Å²) < 4.78 is 1.68. The van der Waals surface area contributed by atoms with Crippen molar-refractivity contribution in [1.82, 2.24) is 14.9 Å². The van der Waals surface area contributed by atoms with Crippen LogP contribution in [-0.4, -0.2) is 21.5 Å². The Morgan fingerprint density at radius 2 is 1.79 bits per heavy atom. The van der Waals surface area contributed by atoms with Crippen molar-refractivity contribution < 1.29 is 4.79 Å². The van der Waals surface area contributed by atoms with Crippen LogP contribution in [-0.2, 0) is 17.8 Å². The van der Waals surface area contributed by atoms with E-state index < -0.39 is 0 Å². The normalized spacial score (nSPS) is 12.1. The zero-order chi connectivity index (χ0) is 21.0. The monoisotopic (exact) mass is 391 g/mol. The number of aryl methyl sites for hydroxylation is 5.